The SMILES string of the molecule is CC1CN(C)CCN1c1ccc(C(=N)N)cc1Br. The Morgan fingerprint density at radius 2 is 2.17 bits per heavy atom. The molecule has 1 fully saturated rings. The molecule has 1 aromatic rings. The van der Waals surface area contributed by atoms with Crippen molar-refractivity contribution >= 4 is 27.5 Å². The van der Waals surface area contributed by atoms with E-state index in [1.165, 1.54) is 5.69 Å². The first-order valence-electron chi connectivity index (χ1n) is 6.08. The van der Waals surface area contributed by atoms with Crippen LogP contribution in [0.2, 0.25) is 0 Å². The number of benzene rings is 1. The normalized spacial score (nSPS) is 21.1. The third-order valence-electron chi connectivity index (χ3n) is 3.40. The van der Waals surface area contributed by atoms with E-state index in [0.29, 0.717) is 6.04 Å². The van der Waals surface area contributed by atoms with E-state index in [9.17, 15) is 0 Å². The van der Waals surface area contributed by atoms with Crippen molar-refractivity contribution in [2.45, 2.75) is 13.0 Å². The lowest BCUT2D eigenvalue weighted by molar-refractivity contribution is 0.275. The van der Waals surface area contributed by atoms with Gasteiger partial charge in [-0.1, -0.05) is 0 Å². The predicted molar refractivity (Wildman–Crippen MR) is 79.5 cm³/mol. The van der Waals surface area contributed by atoms with E-state index in [0.717, 1.165) is 29.7 Å². The summed E-state index contributed by atoms with van der Waals surface area (Å²) in [6, 6.07) is 6.36. The van der Waals surface area contributed by atoms with E-state index in [1.807, 2.05) is 18.2 Å². The fraction of sp³-hybridized carbons (Fsp3) is 0.462. The molecular weight excluding hydrogens is 292 g/mol. The average Bonchev–Trinajstić information content (AvgIpc) is 2.30. The molecule has 4 nitrogen and oxygen atoms in total. The fourth-order valence-electron chi connectivity index (χ4n) is 2.40. The lowest BCUT2D eigenvalue weighted by atomic mass is 10.1. The first kappa shape index (κ1) is 13.4. The molecular formula is C13H19BrN4. The summed E-state index contributed by atoms with van der Waals surface area (Å²) >= 11 is 3.59. The first-order valence-corrected chi connectivity index (χ1v) is 6.87. The Morgan fingerprint density at radius 3 is 2.72 bits per heavy atom. The van der Waals surface area contributed by atoms with E-state index >= 15 is 0 Å². The van der Waals surface area contributed by atoms with Crippen LogP contribution in [-0.4, -0.2) is 43.5 Å². The molecule has 3 N–H and O–H groups in total. The zero-order valence-electron chi connectivity index (χ0n) is 10.8. The minimum Gasteiger partial charge on any atom is -0.384 e. The van der Waals surface area contributed by atoms with E-state index < -0.39 is 0 Å². The van der Waals surface area contributed by atoms with Crippen LogP contribution in [0.5, 0.6) is 0 Å². The summed E-state index contributed by atoms with van der Waals surface area (Å²) < 4.78 is 1.01. The van der Waals surface area contributed by atoms with Crippen LogP contribution in [0.25, 0.3) is 0 Å². The Labute approximate surface area is 116 Å². The Kier molecular flexibility index (Phi) is 3.92. The number of nitrogens with two attached hydrogens (primary N) is 1. The molecule has 1 saturated heterocycles. The molecule has 0 aliphatic carbocycles. The number of nitrogen functional groups attached to an aromatic ring is 1. The highest BCUT2D eigenvalue weighted by atomic mass is 79.9. The third kappa shape index (κ3) is 2.67. The van der Waals surface area contributed by atoms with E-state index in [-0.39, 0.29) is 5.84 Å². The van der Waals surface area contributed by atoms with Gasteiger partial charge in [-0.3, -0.25) is 5.41 Å². The van der Waals surface area contributed by atoms with Crippen LogP contribution >= 0.6 is 15.9 Å². The van der Waals surface area contributed by atoms with E-state index in [2.05, 4.69) is 39.7 Å². The summed E-state index contributed by atoms with van der Waals surface area (Å²) in [5, 5.41) is 7.45. The molecule has 1 aromatic carbocycles. The second-order valence-electron chi connectivity index (χ2n) is 4.88. The highest BCUT2D eigenvalue weighted by molar-refractivity contribution is 9.10. The maximum absolute atomic E-state index is 7.45. The molecule has 1 heterocycles. The summed E-state index contributed by atoms with van der Waals surface area (Å²) in [6.45, 7) is 5.41. The van der Waals surface area contributed by atoms with E-state index in [4.69, 9.17) is 11.1 Å². The van der Waals surface area contributed by atoms with Crippen molar-refractivity contribution in [3.8, 4) is 0 Å². The van der Waals surface area contributed by atoms with Gasteiger partial charge in [0.05, 0.1) is 5.69 Å². The second-order valence-corrected chi connectivity index (χ2v) is 5.74. The number of nitrogens with zero attached hydrogens (tertiary/aromatic N) is 2. The van der Waals surface area contributed by atoms with Gasteiger partial charge in [-0.2, -0.15) is 0 Å². The quantitative estimate of drug-likeness (QED) is 0.648. The van der Waals surface area contributed by atoms with Crippen molar-refractivity contribution < 1.29 is 0 Å². The van der Waals surface area contributed by atoms with E-state index in [1.54, 1.807) is 0 Å². The van der Waals surface area contributed by atoms with Crippen molar-refractivity contribution in [2.24, 2.45) is 5.73 Å². The van der Waals surface area contributed by atoms with Gasteiger partial charge in [0.25, 0.3) is 0 Å². The molecule has 1 aliphatic rings. The second kappa shape index (κ2) is 5.28. The molecule has 1 aliphatic heterocycles. The molecule has 5 heteroatoms. The Hall–Kier alpha value is -1.07. The molecule has 0 bridgehead atoms. The molecule has 1 unspecified atom stereocenters. The van der Waals surface area contributed by atoms with Crippen molar-refractivity contribution in [1.82, 2.24) is 4.90 Å². The molecule has 0 aromatic heterocycles. The largest absolute Gasteiger partial charge is 0.384 e. The van der Waals surface area contributed by atoms with Gasteiger partial charge in [0.15, 0.2) is 0 Å². The molecule has 0 radical (unpaired) electrons. The summed E-state index contributed by atoms with van der Waals surface area (Å²) in [6.07, 6.45) is 0. The van der Waals surface area contributed by atoms with Gasteiger partial charge in [-0.05, 0) is 48.1 Å². The highest BCUT2D eigenvalue weighted by Gasteiger charge is 2.23. The molecule has 0 saturated carbocycles. The summed E-state index contributed by atoms with van der Waals surface area (Å²) in [7, 11) is 2.15. The molecule has 2 rings (SSSR count). The lowest BCUT2D eigenvalue weighted by Gasteiger charge is -2.40. The van der Waals surface area contributed by atoms with Gasteiger partial charge in [-0.25, -0.2) is 0 Å². The molecule has 0 amide bonds. The number of hydrogen-bond acceptors (Lipinski definition) is 3. The van der Waals surface area contributed by atoms with Crippen LogP contribution in [0.15, 0.2) is 22.7 Å². The Balaban J connectivity index is 2.26. The van der Waals surface area contributed by atoms with Crippen LogP contribution in [0.1, 0.15) is 12.5 Å². The maximum Gasteiger partial charge on any atom is 0.122 e. The maximum atomic E-state index is 7.45. The number of rotatable bonds is 2. The van der Waals surface area contributed by atoms with Crippen molar-refractivity contribution in [3.63, 3.8) is 0 Å². The van der Waals surface area contributed by atoms with Gasteiger partial charge in [0.1, 0.15) is 5.84 Å². The van der Waals surface area contributed by atoms with Gasteiger partial charge < -0.3 is 15.5 Å². The zero-order valence-corrected chi connectivity index (χ0v) is 12.4. The van der Waals surface area contributed by atoms with Crippen molar-refractivity contribution in [3.05, 3.63) is 28.2 Å². The first-order chi connectivity index (χ1) is 8.49. The van der Waals surface area contributed by atoms with Crippen molar-refractivity contribution in [1.29, 1.82) is 5.41 Å². The smallest absolute Gasteiger partial charge is 0.122 e. The number of halogens is 1. The van der Waals surface area contributed by atoms with Gasteiger partial charge in [0, 0.05) is 35.7 Å². The number of likely N-dealkylation sites (N-methyl/N-ethyl adjacent to an activating group) is 1. The lowest BCUT2D eigenvalue weighted by Crippen LogP contribution is -2.50. The van der Waals surface area contributed by atoms with Gasteiger partial charge in [0.2, 0.25) is 0 Å². The topological polar surface area (TPSA) is 56.4 Å². The van der Waals surface area contributed by atoms with Gasteiger partial charge in [-0.15, -0.1) is 0 Å². The van der Waals surface area contributed by atoms with Crippen LogP contribution in [0, 0.1) is 5.41 Å². The number of amidine groups is 1. The Bertz CT molecular complexity index is 460. The minimum atomic E-state index is 0.105. The van der Waals surface area contributed by atoms with Crippen LogP contribution in [0.4, 0.5) is 5.69 Å². The summed E-state index contributed by atoms with van der Waals surface area (Å²) in [5.74, 6) is 0.105. The number of anilines is 1. The third-order valence-corrected chi connectivity index (χ3v) is 4.03. The van der Waals surface area contributed by atoms with Gasteiger partial charge >= 0.3 is 0 Å². The standard InChI is InChI=1S/C13H19BrN4/c1-9-8-17(2)5-6-18(9)12-4-3-10(13(15)16)7-11(12)14/h3-4,7,9H,5-6,8H2,1-2H3,(H3,15,16). The molecule has 98 valence electrons. The average molecular weight is 311 g/mol. The number of piperazine rings is 1. The minimum absolute atomic E-state index is 0.105. The van der Waals surface area contributed by atoms with Crippen molar-refractivity contribution in [2.75, 3.05) is 31.6 Å². The number of hydrogen-bond donors (Lipinski definition) is 2. The summed E-state index contributed by atoms with van der Waals surface area (Å²) in [5.41, 5.74) is 7.44. The van der Waals surface area contributed by atoms with Crippen LogP contribution < -0.4 is 10.6 Å². The number of nitrogens with one attached hydrogen (secondary N) is 1. The molecule has 1 atom stereocenters. The molecule has 0 spiro atoms. The van der Waals surface area contributed by atoms with Crippen LogP contribution in [0.3, 0.4) is 0 Å². The predicted octanol–water partition coefficient (Wildman–Crippen LogP) is 1.87. The fourth-order valence-corrected chi connectivity index (χ4v) is 3.01. The highest BCUT2D eigenvalue weighted by Crippen LogP contribution is 2.30. The molecule has 18 heavy (non-hydrogen) atoms. The monoisotopic (exact) mass is 310 g/mol. The van der Waals surface area contributed by atoms with Crippen LogP contribution in [-0.2, 0) is 0 Å². The Morgan fingerprint density at radius 1 is 1.44 bits per heavy atom. The zero-order chi connectivity index (χ0) is 13.3. The summed E-state index contributed by atoms with van der Waals surface area (Å²) in [4.78, 5) is 4.74.